The summed E-state index contributed by atoms with van der Waals surface area (Å²) in [5.74, 6) is 0.817. The number of fused-ring (bicyclic) bond motifs is 4. The van der Waals surface area contributed by atoms with E-state index in [9.17, 15) is 20.4 Å². The zero-order chi connectivity index (χ0) is 23.3. The number of rotatable bonds is 4. The van der Waals surface area contributed by atoms with Gasteiger partial charge in [0.25, 0.3) is 0 Å². The van der Waals surface area contributed by atoms with Crippen LogP contribution in [0.15, 0.2) is 42.5 Å². The van der Waals surface area contributed by atoms with Gasteiger partial charge in [0.2, 0.25) is 0 Å². The molecule has 0 fully saturated rings. The molecule has 0 unspecified atom stereocenters. The summed E-state index contributed by atoms with van der Waals surface area (Å²) < 4.78 is 10.8. The van der Waals surface area contributed by atoms with Gasteiger partial charge < -0.3 is 29.9 Å². The number of methoxy groups -OCH3 is 2. The molecule has 5 rings (SSSR count). The summed E-state index contributed by atoms with van der Waals surface area (Å²) in [4.78, 5) is 2.43. The van der Waals surface area contributed by atoms with Gasteiger partial charge in [0.15, 0.2) is 34.5 Å². The van der Waals surface area contributed by atoms with Crippen LogP contribution in [0.5, 0.6) is 34.5 Å². The number of aromatic hydroxyl groups is 4. The van der Waals surface area contributed by atoms with Crippen molar-refractivity contribution >= 4 is 0 Å². The first-order chi connectivity index (χ1) is 15.9. The molecular weight excluding hydrogens is 422 g/mol. The third-order valence-electron chi connectivity index (χ3n) is 6.92. The zero-order valence-electron chi connectivity index (χ0n) is 18.6. The molecule has 0 amide bonds. The van der Waals surface area contributed by atoms with Gasteiger partial charge in [-0.3, -0.25) is 4.90 Å². The van der Waals surface area contributed by atoms with Crippen molar-refractivity contribution in [3.05, 3.63) is 70.3 Å². The fraction of sp³-hybridized carbons (Fsp3) is 0.308. The van der Waals surface area contributed by atoms with E-state index in [2.05, 4.69) is 4.90 Å². The molecule has 0 radical (unpaired) electrons. The van der Waals surface area contributed by atoms with Gasteiger partial charge in [0.05, 0.1) is 14.2 Å². The summed E-state index contributed by atoms with van der Waals surface area (Å²) in [5, 5.41) is 40.5. The number of hydrogen-bond donors (Lipinski definition) is 4. The number of hydrogen-bond acceptors (Lipinski definition) is 7. The second kappa shape index (κ2) is 8.08. The van der Waals surface area contributed by atoms with Crippen LogP contribution < -0.4 is 9.47 Å². The summed E-state index contributed by atoms with van der Waals surface area (Å²) in [6.45, 7) is 0.792. The van der Waals surface area contributed by atoms with Crippen LogP contribution in [0.25, 0.3) is 0 Å². The van der Waals surface area contributed by atoms with E-state index < -0.39 is 0 Å². The molecule has 7 nitrogen and oxygen atoms in total. The van der Waals surface area contributed by atoms with Crippen molar-refractivity contribution in [3.63, 3.8) is 0 Å². The fourth-order valence-electron chi connectivity index (χ4n) is 5.31. The minimum Gasteiger partial charge on any atom is -0.504 e. The van der Waals surface area contributed by atoms with Gasteiger partial charge in [-0.2, -0.15) is 0 Å². The lowest BCUT2D eigenvalue weighted by atomic mass is 9.79. The average Bonchev–Trinajstić information content (AvgIpc) is 2.80. The SMILES string of the molecule is COc1cc2c(cc1O)CCN1[C@@H]2Cc2cc(O)c(OC)cc2[C@@H]1Cc1ccc(O)c(O)c1. The van der Waals surface area contributed by atoms with Gasteiger partial charge in [-0.1, -0.05) is 6.07 Å². The molecule has 3 aromatic carbocycles. The molecule has 33 heavy (non-hydrogen) atoms. The molecule has 0 spiro atoms. The Morgan fingerprint density at radius 2 is 1.45 bits per heavy atom. The number of phenolic OH excluding ortho intramolecular Hbond substituents is 4. The second-order valence-electron chi connectivity index (χ2n) is 8.70. The quantitative estimate of drug-likeness (QED) is 0.447. The van der Waals surface area contributed by atoms with Crippen molar-refractivity contribution in [3.8, 4) is 34.5 Å². The first-order valence-corrected chi connectivity index (χ1v) is 11.0. The lowest BCUT2D eigenvalue weighted by Crippen LogP contribution is -2.43. The van der Waals surface area contributed by atoms with Crippen molar-refractivity contribution in [1.82, 2.24) is 4.90 Å². The summed E-state index contributed by atoms with van der Waals surface area (Å²) in [6.07, 6.45) is 2.09. The second-order valence-corrected chi connectivity index (χ2v) is 8.70. The van der Waals surface area contributed by atoms with Crippen LogP contribution >= 0.6 is 0 Å². The predicted octanol–water partition coefficient (Wildman–Crippen LogP) is 3.97. The number of benzene rings is 3. The highest BCUT2D eigenvalue weighted by Gasteiger charge is 2.39. The highest BCUT2D eigenvalue weighted by Crippen LogP contribution is 2.49. The molecule has 0 saturated carbocycles. The molecule has 0 aromatic heterocycles. The van der Waals surface area contributed by atoms with Gasteiger partial charge in [0.1, 0.15) is 0 Å². The molecule has 7 heteroatoms. The Kier molecular flexibility index (Phi) is 5.21. The van der Waals surface area contributed by atoms with E-state index in [0.717, 1.165) is 40.8 Å². The maximum Gasteiger partial charge on any atom is 0.160 e. The van der Waals surface area contributed by atoms with Crippen LogP contribution in [0.2, 0.25) is 0 Å². The van der Waals surface area contributed by atoms with Gasteiger partial charge >= 0.3 is 0 Å². The Hall–Kier alpha value is -3.58. The summed E-state index contributed by atoms with van der Waals surface area (Å²) in [5.41, 5.74) is 5.19. The van der Waals surface area contributed by atoms with Gasteiger partial charge in [0, 0.05) is 18.6 Å². The smallest absolute Gasteiger partial charge is 0.160 e. The van der Waals surface area contributed by atoms with Crippen molar-refractivity contribution in [2.45, 2.75) is 31.3 Å². The summed E-state index contributed by atoms with van der Waals surface area (Å²) >= 11 is 0. The highest BCUT2D eigenvalue weighted by atomic mass is 16.5. The molecule has 2 aliphatic rings. The first-order valence-electron chi connectivity index (χ1n) is 11.0. The Balaban J connectivity index is 1.63. The fourth-order valence-corrected chi connectivity index (χ4v) is 5.31. The molecule has 4 N–H and O–H groups in total. The number of nitrogens with zero attached hydrogens (tertiary/aromatic N) is 1. The molecule has 172 valence electrons. The molecule has 0 saturated heterocycles. The molecule has 3 aromatic rings. The maximum atomic E-state index is 10.5. The van der Waals surface area contributed by atoms with E-state index in [0.29, 0.717) is 24.3 Å². The van der Waals surface area contributed by atoms with Crippen LogP contribution in [0.3, 0.4) is 0 Å². The summed E-state index contributed by atoms with van der Waals surface area (Å²) in [7, 11) is 3.08. The molecule has 0 bridgehead atoms. The first kappa shape index (κ1) is 21.3. The number of phenols is 4. The third kappa shape index (κ3) is 3.58. The standard InChI is InChI=1S/C26H27NO6/c1-32-25-12-17-15(10-23(25)30)5-6-27-19(7-14-3-4-21(28)22(29)8-14)18-13-26(33-2)24(31)11-16(18)9-20(17)27/h3-4,8,10-13,19-20,28-31H,5-7,9H2,1-2H3/t19-,20+/m0/s1. The van der Waals surface area contributed by atoms with E-state index >= 15 is 0 Å². The van der Waals surface area contributed by atoms with Gasteiger partial charge in [-0.05, 0) is 83.5 Å². The topological polar surface area (TPSA) is 103 Å². The Morgan fingerprint density at radius 1 is 0.788 bits per heavy atom. The lowest BCUT2D eigenvalue weighted by molar-refractivity contribution is 0.106. The molecule has 2 atom stereocenters. The largest absolute Gasteiger partial charge is 0.504 e. The van der Waals surface area contributed by atoms with E-state index in [-0.39, 0.29) is 35.1 Å². The van der Waals surface area contributed by atoms with E-state index in [4.69, 9.17) is 9.47 Å². The summed E-state index contributed by atoms with van der Waals surface area (Å²) in [6, 6.07) is 12.3. The predicted molar refractivity (Wildman–Crippen MR) is 122 cm³/mol. The zero-order valence-corrected chi connectivity index (χ0v) is 18.6. The van der Waals surface area contributed by atoms with Crippen molar-refractivity contribution in [2.75, 3.05) is 20.8 Å². The van der Waals surface area contributed by atoms with Crippen molar-refractivity contribution in [1.29, 1.82) is 0 Å². The maximum absolute atomic E-state index is 10.5. The Labute approximate surface area is 192 Å². The van der Waals surface area contributed by atoms with Crippen LogP contribution in [0.4, 0.5) is 0 Å². The monoisotopic (exact) mass is 449 g/mol. The molecule has 0 aliphatic carbocycles. The van der Waals surface area contributed by atoms with Crippen LogP contribution in [-0.2, 0) is 19.3 Å². The highest BCUT2D eigenvalue weighted by molar-refractivity contribution is 5.53. The van der Waals surface area contributed by atoms with E-state index in [1.54, 1.807) is 25.3 Å². The van der Waals surface area contributed by atoms with Crippen LogP contribution in [0, 0.1) is 0 Å². The number of ether oxygens (including phenoxy) is 2. The van der Waals surface area contributed by atoms with Gasteiger partial charge in [-0.25, -0.2) is 0 Å². The minimum atomic E-state index is -0.147. The molecular formula is C26H27NO6. The van der Waals surface area contributed by atoms with Crippen LogP contribution in [-0.4, -0.2) is 46.1 Å². The van der Waals surface area contributed by atoms with Crippen molar-refractivity contribution < 1.29 is 29.9 Å². The normalized spacial score (nSPS) is 19.3. The molecule has 2 aliphatic heterocycles. The average molecular weight is 450 g/mol. The lowest BCUT2D eigenvalue weighted by Gasteiger charge is -2.47. The minimum absolute atomic E-state index is 0.0369. The van der Waals surface area contributed by atoms with E-state index in [1.807, 2.05) is 18.2 Å². The third-order valence-corrected chi connectivity index (χ3v) is 6.92. The van der Waals surface area contributed by atoms with Gasteiger partial charge in [-0.15, -0.1) is 0 Å². The van der Waals surface area contributed by atoms with Crippen molar-refractivity contribution in [2.24, 2.45) is 0 Å². The van der Waals surface area contributed by atoms with Crippen LogP contribution in [0.1, 0.15) is 39.9 Å². The Morgan fingerprint density at radius 3 is 2.12 bits per heavy atom. The Bertz CT molecular complexity index is 1220. The van der Waals surface area contributed by atoms with E-state index in [1.165, 1.54) is 13.2 Å². The molecule has 2 heterocycles.